The molecule has 0 N–H and O–H groups in total. The third-order valence-corrected chi connectivity index (χ3v) is 1.31. The van der Waals surface area contributed by atoms with Crippen molar-refractivity contribution >= 4 is 0 Å². The Morgan fingerprint density at radius 2 is 2.20 bits per heavy atom. The van der Waals surface area contributed by atoms with E-state index in [0.29, 0.717) is 0 Å². The first-order valence-electron chi connectivity index (χ1n) is 3.72. The van der Waals surface area contributed by atoms with E-state index in [-0.39, 0.29) is 0 Å². The third kappa shape index (κ3) is 5.63. The lowest BCUT2D eigenvalue weighted by molar-refractivity contribution is 0.197. The summed E-state index contributed by atoms with van der Waals surface area (Å²) in [4.78, 5) is 2.24. The summed E-state index contributed by atoms with van der Waals surface area (Å²) in [6, 6.07) is 0. The molecule has 0 rings (SSSR count). The van der Waals surface area contributed by atoms with Crippen LogP contribution < -0.4 is 0 Å². The number of hydrogen-bond acceptors (Lipinski definition) is 2. The van der Waals surface area contributed by atoms with Gasteiger partial charge in [0.25, 0.3) is 0 Å². The lowest BCUT2D eigenvalue weighted by Crippen LogP contribution is -2.23. The SMILES string of the molecule is C=COCCN(C)CCC. The molecular formula is C8H17NO. The second-order valence-electron chi connectivity index (χ2n) is 2.34. The van der Waals surface area contributed by atoms with Crippen LogP contribution in [0.2, 0.25) is 0 Å². The van der Waals surface area contributed by atoms with Gasteiger partial charge in [0.1, 0.15) is 0 Å². The second kappa shape index (κ2) is 6.62. The van der Waals surface area contributed by atoms with Crippen LogP contribution in [0.3, 0.4) is 0 Å². The van der Waals surface area contributed by atoms with Gasteiger partial charge in [0.2, 0.25) is 0 Å². The maximum absolute atomic E-state index is 4.97. The normalized spacial score (nSPS) is 9.90. The van der Waals surface area contributed by atoms with Gasteiger partial charge in [-0.25, -0.2) is 0 Å². The first kappa shape index (κ1) is 9.50. The van der Waals surface area contributed by atoms with Crippen LogP contribution in [0.5, 0.6) is 0 Å². The number of ether oxygens (including phenoxy) is 1. The van der Waals surface area contributed by atoms with Gasteiger partial charge in [-0.3, -0.25) is 0 Å². The van der Waals surface area contributed by atoms with Crippen molar-refractivity contribution < 1.29 is 4.74 Å². The maximum atomic E-state index is 4.97. The first-order valence-corrected chi connectivity index (χ1v) is 3.72. The molecule has 0 aliphatic rings. The number of rotatable bonds is 6. The average molecular weight is 143 g/mol. The number of hydrogen-bond donors (Lipinski definition) is 0. The van der Waals surface area contributed by atoms with Crippen molar-refractivity contribution in [3.63, 3.8) is 0 Å². The maximum Gasteiger partial charge on any atom is 0.0999 e. The molecular weight excluding hydrogens is 126 g/mol. The molecule has 0 fully saturated rings. The largest absolute Gasteiger partial charge is 0.500 e. The van der Waals surface area contributed by atoms with Gasteiger partial charge < -0.3 is 9.64 Å². The highest BCUT2D eigenvalue weighted by atomic mass is 16.5. The van der Waals surface area contributed by atoms with Crippen LogP contribution in [0.25, 0.3) is 0 Å². The Balaban J connectivity index is 3.04. The molecule has 0 spiro atoms. The van der Waals surface area contributed by atoms with Crippen LogP contribution in [-0.2, 0) is 4.74 Å². The van der Waals surface area contributed by atoms with E-state index >= 15 is 0 Å². The van der Waals surface area contributed by atoms with E-state index in [4.69, 9.17) is 4.74 Å². The first-order chi connectivity index (χ1) is 4.81. The summed E-state index contributed by atoms with van der Waals surface area (Å²) in [7, 11) is 2.09. The van der Waals surface area contributed by atoms with E-state index in [1.54, 1.807) is 0 Å². The predicted octanol–water partition coefficient (Wildman–Crippen LogP) is 1.49. The molecule has 0 bridgehead atoms. The Labute approximate surface area is 63.5 Å². The van der Waals surface area contributed by atoms with E-state index in [9.17, 15) is 0 Å². The molecule has 10 heavy (non-hydrogen) atoms. The molecule has 0 aliphatic carbocycles. The smallest absolute Gasteiger partial charge is 0.0999 e. The van der Waals surface area contributed by atoms with Crippen LogP contribution in [0.1, 0.15) is 13.3 Å². The fourth-order valence-corrected chi connectivity index (χ4v) is 0.785. The predicted molar refractivity (Wildman–Crippen MR) is 43.9 cm³/mol. The molecule has 0 radical (unpaired) electrons. The molecule has 0 heterocycles. The summed E-state index contributed by atoms with van der Waals surface area (Å²) >= 11 is 0. The topological polar surface area (TPSA) is 12.5 Å². The molecule has 0 unspecified atom stereocenters. The molecule has 0 amide bonds. The average Bonchev–Trinajstić information content (AvgIpc) is 1.89. The van der Waals surface area contributed by atoms with Crippen LogP contribution in [-0.4, -0.2) is 31.6 Å². The minimum absolute atomic E-state index is 0.750. The summed E-state index contributed by atoms with van der Waals surface area (Å²) in [6.07, 6.45) is 2.68. The van der Waals surface area contributed by atoms with Gasteiger partial charge in [0.15, 0.2) is 0 Å². The summed E-state index contributed by atoms with van der Waals surface area (Å²) < 4.78 is 4.97. The van der Waals surface area contributed by atoms with Crippen molar-refractivity contribution in [1.29, 1.82) is 0 Å². The molecule has 0 aromatic carbocycles. The molecule has 0 aromatic heterocycles. The molecule has 0 atom stereocenters. The second-order valence-corrected chi connectivity index (χ2v) is 2.34. The molecule has 2 nitrogen and oxygen atoms in total. The van der Waals surface area contributed by atoms with Crippen molar-refractivity contribution in [2.75, 3.05) is 26.7 Å². The Bertz CT molecular complexity index is 83.3. The third-order valence-electron chi connectivity index (χ3n) is 1.31. The Morgan fingerprint density at radius 1 is 1.50 bits per heavy atom. The highest BCUT2D eigenvalue weighted by Crippen LogP contribution is 1.85. The molecule has 0 aliphatic heterocycles. The van der Waals surface area contributed by atoms with Crippen molar-refractivity contribution in [1.82, 2.24) is 4.90 Å². The van der Waals surface area contributed by atoms with E-state index in [0.717, 1.165) is 19.7 Å². The van der Waals surface area contributed by atoms with E-state index in [1.165, 1.54) is 12.7 Å². The molecule has 0 aromatic rings. The van der Waals surface area contributed by atoms with Crippen LogP contribution in [0.4, 0.5) is 0 Å². The van der Waals surface area contributed by atoms with Gasteiger partial charge >= 0.3 is 0 Å². The summed E-state index contributed by atoms with van der Waals surface area (Å²) in [5.74, 6) is 0. The van der Waals surface area contributed by atoms with Crippen LogP contribution in [0, 0.1) is 0 Å². The fraction of sp³-hybridized carbons (Fsp3) is 0.750. The standard InChI is InChI=1S/C8H17NO/c1-4-6-9(3)7-8-10-5-2/h5H,2,4,6-8H2,1,3H3. The molecule has 2 heteroatoms. The van der Waals surface area contributed by atoms with E-state index in [1.807, 2.05) is 0 Å². The Kier molecular flexibility index (Phi) is 6.29. The number of nitrogens with zero attached hydrogens (tertiary/aromatic N) is 1. The minimum atomic E-state index is 0.750. The van der Waals surface area contributed by atoms with Gasteiger partial charge in [0, 0.05) is 6.54 Å². The van der Waals surface area contributed by atoms with Crippen molar-refractivity contribution in [2.45, 2.75) is 13.3 Å². The van der Waals surface area contributed by atoms with Gasteiger partial charge in [-0.15, -0.1) is 0 Å². The molecule has 0 saturated heterocycles. The van der Waals surface area contributed by atoms with Crippen LogP contribution in [0.15, 0.2) is 12.8 Å². The lowest BCUT2D eigenvalue weighted by Gasteiger charge is -2.13. The van der Waals surface area contributed by atoms with Gasteiger partial charge in [-0.05, 0) is 20.0 Å². The lowest BCUT2D eigenvalue weighted by atomic mass is 10.4. The number of likely N-dealkylation sites (N-methyl/N-ethyl adjacent to an activating group) is 1. The highest BCUT2D eigenvalue weighted by molar-refractivity contribution is 4.52. The zero-order valence-electron chi connectivity index (χ0n) is 6.97. The van der Waals surface area contributed by atoms with Crippen molar-refractivity contribution in [2.24, 2.45) is 0 Å². The molecule has 0 saturated carbocycles. The summed E-state index contributed by atoms with van der Waals surface area (Å²) in [5, 5.41) is 0. The fourth-order valence-electron chi connectivity index (χ4n) is 0.785. The zero-order chi connectivity index (χ0) is 7.82. The zero-order valence-corrected chi connectivity index (χ0v) is 6.97. The Hall–Kier alpha value is -0.500. The van der Waals surface area contributed by atoms with Gasteiger partial charge in [0.05, 0.1) is 12.9 Å². The van der Waals surface area contributed by atoms with E-state index in [2.05, 4.69) is 25.5 Å². The van der Waals surface area contributed by atoms with Crippen molar-refractivity contribution in [3.8, 4) is 0 Å². The van der Waals surface area contributed by atoms with Crippen molar-refractivity contribution in [3.05, 3.63) is 12.8 Å². The van der Waals surface area contributed by atoms with Gasteiger partial charge in [-0.2, -0.15) is 0 Å². The summed E-state index contributed by atoms with van der Waals surface area (Å²) in [5.41, 5.74) is 0. The minimum Gasteiger partial charge on any atom is -0.500 e. The van der Waals surface area contributed by atoms with Crippen LogP contribution >= 0.6 is 0 Å². The highest BCUT2D eigenvalue weighted by Gasteiger charge is 1.93. The van der Waals surface area contributed by atoms with Gasteiger partial charge in [-0.1, -0.05) is 13.5 Å². The monoisotopic (exact) mass is 143 g/mol. The molecule has 60 valence electrons. The summed E-state index contributed by atoms with van der Waals surface area (Å²) in [6.45, 7) is 8.51. The Morgan fingerprint density at radius 3 is 2.70 bits per heavy atom. The van der Waals surface area contributed by atoms with E-state index < -0.39 is 0 Å². The quantitative estimate of drug-likeness (QED) is 0.412.